The third kappa shape index (κ3) is 3.26. The first kappa shape index (κ1) is 16.0. The van der Waals surface area contributed by atoms with E-state index in [0.29, 0.717) is 0 Å². The minimum atomic E-state index is -1.63. The molecule has 1 aromatic rings. The van der Waals surface area contributed by atoms with Crippen LogP contribution in [0.5, 0.6) is 5.75 Å². The molecular formula is C13H19NO7. The maximum Gasteiger partial charge on any atom is 0.236 e. The second kappa shape index (κ2) is 6.56. The van der Waals surface area contributed by atoms with Gasteiger partial charge in [-0.15, -0.1) is 0 Å². The average Bonchev–Trinajstić information content (AvgIpc) is 2.51. The summed E-state index contributed by atoms with van der Waals surface area (Å²) in [5, 5.41) is 47.4. The van der Waals surface area contributed by atoms with Crippen LogP contribution in [0.15, 0.2) is 24.3 Å². The summed E-state index contributed by atoms with van der Waals surface area (Å²) >= 11 is 0. The Morgan fingerprint density at radius 3 is 2.62 bits per heavy atom. The van der Waals surface area contributed by atoms with Gasteiger partial charge >= 0.3 is 0 Å². The van der Waals surface area contributed by atoms with Gasteiger partial charge < -0.3 is 29.9 Å². The van der Waals surface area contributed by atoms with Gasteiger partial charge in [0.1, 0.15) is 30.3 Å². The second-order valence-corrected chi connectivity index (χ2v) is 4.88. The topological polar surface area (TPSA) is 132 Å². The highest BCUT2D eigenvalue weighted by Crippen LogP contribution is 2.34. The number of para-hydroxylation sites is 2. The van der Waals surface area contributed by atoms with Gasteiger partial charge in [-0.2, -0.15) is 0 Å². The number of rotatable bonds is 5. The van der Waals surface area contributed by atoms with Crippen LogP contribution >= 0.6 is 0 Å². The lowest BCUT2D eigenvalue weighted by Crippen LogP contribution is -2.60. The summed E-state index contributed by atoms with van der Waals surface area (Å²) < 4.78 is 11.0. The third-order valence-electron chi connectivity index (χ3n) is 3.39. The summed E-state index contributed by atoms with van der Waals surface area (Å²) in [4.78, 5) is 0. The summed E-state index contributed by atoms with van der Waals surface area (Å²) in [6, 6.07) is 6.38. The monoisotopic (exact) mass is 301 g/mol. The number of ether oxygens (including phenoxy) is 2. The Morgan fingerprint density at radius 2 is 2.00 bits per heavy atom. The molecule has 8 nitrogen and oxygen atoms in total. The number of hydrogen-bond acceptors (Lipinski definition) is 8. The Morgan fingerprint density at radius 1 is 1.29 bits per heavy atom. The minimum Gasteiger partial charge on any atom is -0.457 e. The fourth-order valence-corrected chi connectivity index (χ4v) is 2.27. The number of aliphatic hydroxyl groups is 4. The molecule has 1 fully saturated rings. The Bertz CT molecular complexity index is 472. The van der Waals surface area contributed by atoms with E-state index in [1.54, 1.807) is 12.1 Å². The second-order valence-electron chi connectivity index (χ2n) is 4.88. The fourth-order valence-electron chi connectivity index (χ4n) is 2.27. The highest BCUT2D eigenvalue weighted by molar-refractivity contribution is 5.54. The number of aliphatic hydroxyl groups excluding tert-OH is 4. The van der Waals surface area contributed by atoms with Gasteiger partial charge in [-0.3, -0.25) is 10.7 Å². The van der Waals surface area contributed by atoms with Crippen LogP contribution in [-0.4, -0.2) is 62.9 Å². The Kier molecular flexibility index (Phi) is 4.99. The van der Waals surface area contributed by atoms with Gasteiger partial charge in [-0.1, -0.05) is 12.1 Å². The van der Waals surface area contributed by atoms with Crippen LogP contribution in [-0.2, 0) is 4.74 Å². The molecule has 1 aromatic carbocycles. The maximum atomic E-state index is 9.85. The SMILES string of the molecule is OCC1O[C@@](CO)(Oc2ccccc2NO)CC(O)[C@H]1O. The molecule has 0 aliphatic carbocycles. The van der Waals surface area contributed by atoms with Crippen LogP contribution in [0.1, 0.15) is 6.42 Å². The van der Waals surface area contributed by atoms with E-state index in [1.807, 2.05) is 5.48 Å². The molecule has 0 bridgehead atoms. The van der Waals surface area contributed by atoms with Gasteiger partial charge in [-0.05, 0) is 12.1 Å². The molecule has 1 saturated heterocycles. The molecule has 0 radical (unpaired) electrons. The predicted molar refractivity (Wildman–Crippen MR) is 70.9 cm³/mol. The van der Waals surface area contributed by atoms with Crippen molar-refractivity contribution in [1.29, 1.82) is 0 Å². The Hall–Kier alpha value is -1.42. The predicted octanol–water partition coefficient (Wildman–Crippen LogP) is -0.942. The van der Waals surface area contributed by atoms with Gasteiger partial charge in [0.05, 0.1) is 12.7 Å². The van der Waals surface area contributed by atoms with Crippen LogP contribution in [0.3, 0.4) is 0 Å². The molecule has 6 N–H and O–H groups in total. The lowest BCUT2D eigenvalue weighted by Gasteiger charge is -2.43. The van der Waals surface area contributed by atoms with Gasteiger partial charge in [0, 0.05) is 6.42 Å². The van der Waals surface area contributed by atoms with E-state index < -0.39 is 37.3 Å². The first-order chi connectivity index (χ1) is 10.0. The van der Waals surface area contributed by atoms with E-state index in [1.165, 1.54) is 12.1 Å². The number of nitrogens with one attached hydrogen (secondary N) is 1. The number of hydrogen-bond donors (Lipinski definition) is 6. The zero-order valence-electron chi connectivity index (χ0n) is 11.2. The quantitative estimate of drug-likeness (QED) is 0.384. The molecule has 2 rings (SSSR count). The van der Waals surface area contributed by atoms with Gasteiger partial charge in [-0.25, -0.2) is 0 Å². The molecule has 0 spiro atoms. The smallest absolute Gasteiger partial charge is 0.236 e. The lowest BCUT2D eigenvalue weighted by molar-refractivity contribution is -0.302. The zero-order chi connectivity index (χ0) is 15.5. The van der Waals surface area contributed by atoms with Crippen molar-refractivity contribution in [2.75, 3.05) is 18.7 Å². The van der Waals surface area contributed by atoms with Crippen LogP contribution < -0.4 is 10.2 Å². The largest absolute Gasteiger partial charge is 0.457 e. The molecule has 1 aliphatic heterocycles. The van der Waals surface area contributed by atoms with Gasteiger partial charge in [0.25, 0.3) is 0 Å². The summed E-state index contributed by atoms with van der Waals surface area (Å²) in [5.74, 6) is -1.44. The van der Waals surface area contributed by atoms with E-state index in [2.05, 4.69) is 0 Å². The summed E-state index contributed by atoms with van der Waals surface area (Å²) in [5.41, 5.74) is 2.19. The highest BCUT2D eigenvalue weighted by atomic mass is 16.7. The van der Waals surface area contributed by atoms with E-state index in [-0.39, 0.29) is 17.9 Å². The van der Waals surface area contributed by atoms with Gasteiger partial charge in [0.15, 0.2) is 0 Å². The van der Waals surface area contributed by atoms with Crippen LogP contribution in [0.25, 0.3) is 0 Å². The molecule has 4 atom stereocenters. The molecule has 8 heteroatoms. The first-order valence-corrected chi connectivity index (χ1v) is 6.49. The van der Waals surface area contributed by atoms with E-state index in [4.69, 9.17) is 14.7 Å². The van der Waals surface area contributed by atoms with E-state index in [9.17, 15) is 20.4 Å². The van der Waals surface area contributed by atoms with Gasteiger partial charge in [0.2, 0.25) is 5.79 Å². The van der Waals surface area contributed by atoms with E-state index >= 15 is 0 Å². The number of benzene rings is 1. The minimum absolute atomic E-state index is 0.189. The maximum absolute atomic E-state index is 9.85. The summed E-state index contributed by atoms with van der Waals surface area (Å²) in [7, 11) is 0. The van der Waals surface area contributed by atoms with Crippen molar-refractivity contribution in [1.82, 2.24) is 0 Å². The average molecular weight is 301 g/mol. The van der Waals surface area contributed by atoms with Crippen molar-refractivity contribution in [2.24, 2.45) is 0 Å². The normalized spacial score (nSPS) is 32.7. The highest BCUT2D eigenvalue weighted by Gasteiger charge is 2.48. The molecule has 118 valence electrons. The molecular weight excluding hydrogens is 282 g/mol. The third-order valence-corrected chi connectivity index (χ3v) is 3.39. The zero-order valence-corrected chi connectivity index (χ0v) is 11.2. The fraction of sp³-hybridized carbons (Fsp3) is 0.538. The Balaban J connectivity index is 2.25. The van der Waals surface area contributed by atoms with Crippen LogP contribution in [0, 0.1) is 0 Å². The summed E-state index contributed by atoms with van der Waals surface area (Å²) in [6.45, 7) is -1.14. The molecule has 21 heavy (non-hydrogen) atoms. The van der Waals surface area contributed by atoms with Crippen molar-refractivity contribution < 1.29 is 35.1 Å². The Labute approximate surface area is 121 Å². The van der Waals surface area contributed by atoms with E-state index in [0.717, 1.165) is 0 Å². The van der Waals surface area contributed by atoms with Crippen LogP contribution in [0.2, 0.25) is 0 Å². The summed E-state index contributed by atoms with van der Waals surface area (Å²) in [6.07, 6.45) is -3.78. The molecule has 1 heterocycles. The van der Waals surface area contributed by atoms with Crippen molar-refractivity contribution in [3.8, 4) is 5.75 Å². The molecule has 0 aromatic heterocycles. The van der Waals surface area contributed by atoms with Crippen LogP contribution in [0.4, 0.5) is 5.69 Å². The van der Waals surface area contributed by atoms with Crippen molar-refractivity contribution in [3.63, 3.8) is 0 Å². The molecule has 1 aliphatic rings. The van der Waals surface area contributed by atoms with Crippen molar-refractivity contribution >= 4 is 5.69 Å². The number of anilines is 1. The van der Waals surface area contributed by atoms with Crippen molar-refractivity contribution in [2.45, 2.75) is 30.5 Å². The van der Waals surface area contributed by atoms with Crippen molar-refractivity contribution in [3.05, 3.63) is 24.3 Å². The first-order valence-electron chi connectivity index (χ1n) is 6.49. The molecule has 2 unspecified atom stereocenters. The lowest BCUT2D eigenvalue weighted by atomic mass is 9.96. The molecule has 0 saturated carbocycles. The standard InChI is InChI=1S/C13H19NO7/c15-6-11-12(18)9(17)5-13(7-16,21-11)20-10-4-2-1-3-8(10)14-19/h1-4,9,11-12,14-19H,5-7H2/t9?,11?,12-,13+/m1/s1. The molecule has 0 amide bonds.